The van der Waals surface area contributed by atoms with Crippen molar-refractivity contribution in [1.29, 1.82) is 0 Å². The predicted octanol–water partition coefficient (Wildman–Crippen LogP) is 1.91. The molecule has 4 heteroatoms. The van der Waals surface area contributed by atoms with E-state index in [2.05, 4.69) is 4.74 Å². The molecule has 1 aromatic rings. The third kappa shape index (κ3) is 2.45. The summed E-state index contributed by atoms with van der Waals surface area (Å²) in [5, 5.41) is 0. The van der Waals surface area contributed by atoms with Gasteiger partial charge in [0.25, 0.3) is 0 Å². The van der Waals surface area contributed by atoms with Crippen molar-refractivity contribution in [2.75, 3.05) is 13.7 Å². The van der Waals surface area contributed by atoms with Gasteiger partial charge in [-0.3, -0.25) is 0 Å². The fourth-order valence-corrected chi connectivity index (χ4v) is 1.59. The highest BCUT2D eigenvalue weighted by Crippen LogP contribution is 2.25. The number of esters is 1. The van der Waals surface area contributed by atoms with Crippen molar-refractivity contribution in [3.8, 4) is 5.75 Å². The predicted molar refractivity (Wildman–Crippen MR) is 62.0 cm³/mol. The number of carbonyl (C=O) groups is 1. The maximum Gasteiger partial charge on any atom is 0.337 e. The summed E-state index contributed by atoms with van der Waals surface area (Å²) in [6.45, 7) is 0.734. The second-order valence-electron chi connectivity index (χ2n) is 3.27. The first-order valence-corrected chi connectivity index (χ1v) is 4.65. The van der Waals surface area contributed by atoms with Crippen LogP contribution in [0.5, 0.6) is 5.75 Å². The topological polar surface area (TPSA) is 35.5 Å². The molecule has 0 unspecified atom stereocenters. The Morgan fingerprint density at radius 3 is 3.00 bits per heavy atom. The third-order valence-electron chi connectivity index (χ3n) is 2.34. The van der Waals surface area contributed by atoms with Crippen LogP contribution >= 0.6 is 13.5 Å². The molecule has 0 radical (unpaired) electrons. The maximum atomic E-state index is 11.2. The number of rotatable bonds is 1. The molecule has 0 saturated heterocycles. The quantitative estimate of drug-likeness (QED) is 0.686. The number of benzene rings is 1. The fourth-order valence-electron chi connectivity index (χ4n) is 1.59. The molecule has 1 heterocycles. The molecule has 0 N–H and O–H groups in total. The largest absolute Gasteiger partial charge is 0.493 e. The number of hydrogen-bond acceptors (Lipinski definition) is 3. The van der Waals surface area contributed by atoms with Crippen LogP contribution in [0.15, 0.2) is 18.2 Å². The van der Waals surface area contributed by atoms with E-state index in [0.29, 0.717) is 5.56 Å². The summed E-state index contributed by atoms with van der Waals surface area (Å²) in [5.41, 5.74) is 1.72. The van der Waals surface area contributed by atoms with E-state index in [1.807, 2.05) is 6.07 Å². The molecule has 0 amide bonds. The molecule has 0 spiro atoms. The van der Waals surface area contributed by atoms with Crippen LogP contribution in [-0.4, -0.2) is 19.7 Å². The van der Waals surface area contributed by atoms with Gasteiger partial charge in [-0.1, -0.05) is 6.07 Å². The lowest BCUT2D eigenvalue weighted by atomic mass is 10.0. The minimum Gasteiger partial charge on any atom is -0.493 e. The summed E-state index contributed by atoms with van der Waals surface area (Å²) in [6.07, 6.45) is 2.07. The molecule has 0 aromatic heterocycles. The van der Waals surface area contributed by atoms with Gasteiger partial charge in [0.2, 0.25) is 0 Å². The standard InChI is InChI=1S/C11H12O3.H2S/c1-13-11(12)9-5-4-8-3-2-6-14-10(8)7-9;/h4-5,7H,2-3,6H2,1H3;1H2. The second-order valence-corrected chi connectivity index (χ2v) is 3.27. The van der Waals surface area contributed by atoms with Gasteiger partial charge in [0.1, 0.15) is 5.75 Å². The van der Waals surface area contributed by atoms with E-state index in [1.54, 1.807) is 12.1 Å². The van der Waals surface area contributed by atoms with Crippen molar-refractivity contribution < 1.29 is 14.3 Å². The van der Waals surface area contributed by atoms with Crippen molar-refractivity contribution in [2.24, 2.45) is 0 Å². The molecular formula is C11H14O3S. The van der Waals surface area contributed by atoms with Crippen LogP contribution in [0.2, 0.25) is 0 Å². The summed E-state index contributed by atoms with van der Waals surface area (Å²) in [6, 6.07) is 5.46. The van der Waals surface area contributed by atoms with Gasteiger partial charge in [0, 0.05) is 0 Å². The molecule has 0 bridgehead atoms. The number of methoxy groups -OCH3 is 1. The molecule has 0 aliphatic carbocycles. The molecule has 0 atom stereocenters. The lowest BCUT2D eigenvalue weighted by molar-refractivity contribution is 0.0600. The molecule has 2 rings (SSSR count). The van der Waals surface area contributed by atoms with E-state index in [1.165, 1.54) is 12.7 Å². The highest BCUT2D eigenvalue weighted by Gasteiger charge is 2.13. The molecule has 82 valence electrons. The first kappa shape index (κ1) is 11.9. The Kier molecular flexibility index (Phi) is 4.03. The van der Waals surface area contributed by atoms with Crippen LogP contribution in [0, 0.1) is 0 Å². The Bertz CT molecular complexity index is 363. The molecule has 3 nitrogen and oxygen atoms in total. The van der Waals surface area contributed by atoms with Crippen molar-refractivity contribution in [3.05, 3.63) is 29.3 Å². The number of ether oxygens (including phenoxy) is 2. The van der Waals surface area contributed by atoms with E-state index >= 15 is 0 Å². The molecule has 0 saturated carbocycles. The van der Waals surface area contributed by atoms with E-state index in [4.69, 9.17) is 4.74 Å². The van der Waals surface area contributed by atoms with E-state index in [0.717, 1.165) is 25.2 Å². The normalized spacial score (nSPS) is 13.1. The van der Waals surface area contributed by atoms with Crippen LogP contribution < -0.4 is 4.74 Å². The van der Waals surface area contributed by atoms with E-state index in [-0.39, 0.29) is 19.5 Å². The van der Waals surface area contributed by atoms with Crippen LogP contribution in [0.4, 0.5) is 0 Å². The Labute approximate surface area is 95.8 Å². The molecule has 1 aromatic carbocycles. The number of carbonyl (C=O) groups excluding carboxylic acids is 1. The Hall–Kier alpha value is -1.16. The summed E-state index contributed by atoms with van der Waals surface area (Å²) in [5.74, 6) is 0.501. The third-order valence-corrected chi connectivity index (χ3v) is 2.34. The van der Waals surface area contributed by atoms with Crippen molar-refractivity contribution in [3.63, 3.8) is 0 Å². The van der Waals surface area contributed by atoms with Gasteiger partial charge in [-0.15, -0.1) is 0 Å². The van der Waals surface area contributed by atoms with Crippen molar-refractivity contribution >= 4 is 19.5 Å². The van der Waals surface area contributed by atoms with Gasteiger partial charge in [-0.05, 0) is 30.5 Å². The first-order valence-electron chi connectivity index (χ1n) is 4.65. The summed E-state index contributed by atoms with van der Waals surface area (Å²) in [7, 11) is 1.38. The lowest BCUT2D eigenvalue weighted by Gasteiger charge is -2.17. The second kappa shape index (κ2) is 5.07. The van der Waals surface area contributed by atoms with Crippen LogP contribution in [0.1, 0.15) is 22.3 Å². The molecular weight excluding hydrogens is 212 g/mol. The van der Waals surface area contributed by atoms with Crippen LogP contribution in [0.3, 0.4) is 0 Å². The average molecular weight is 226 g/mol. The minimum atomic E-state index is -0.318. The maximum absolute atomic E-state index is 11.2. The average Bonchev–Trinajstić information content (AvgIpc) is 2.27. The summed E-state index contributed by atoms with van der Waals surface area (Å²) in [4.78, 5) is 11.2. The van der Waals surface area contributed by atoms with Gasteiger partial charge in [0.15, 0.2) is 0 Å². The number of fused-ring (bicyclic) bond motifs is 1. The zero-order valence-electron chi connectivity index (χ0n) is 8.58. The smallest absolute Gasteiger partial charge is 0.337 e. The van der Waals surface area contributed by atoms with Gasteiger partial charge in [0.05, 0.1) is 19.3 Å². The van der Waals surface area contributed by atoms with Gasteiger partial charge in [-0.25, -0.2) is 4.79 Å². The Morgan fingerprint density at radius 1 is 1.47 bits per heavy atom. The van der Waals surface area contributed by atoms with Crippen molar-refractivity contribution in [2.45, 2.75) is 12.8 Å². The fraction of sp³-hybridized carbons (Fsp3) is 0.364. The zero-order chi connectivity index (χ0) is 9.97. The minimum absolute atomic E-state index is 0. The van der Waals surface area contributed by atoms with E-state index < -0.39 is 0 Å². The highest BCUT2D eigenvalue weighted by atomic mass is 32.1. The number of hydrogen-bond donors (Lipinski definition) is 0. The number of aryl methyl sites for hydroxylation is 1. The summed E-state index contributed by atoms with van der Waals surface area (Å²) < 4.78 is 10.1. The molecule has 1 aliphatic rings. The zero-order valence-corrected chi connectivity index (χ0v) is 9.58. The van der Waals surface area contributed by atoms with Crippen LogP contribution in [-0.2, 0) is 11.2 Å². The van der Waals surface area contributed by atoms with Gasteiger partial charge < -0.3 is 9.47 Å². The van der Waals surface area contributed by atoms with E-state index in [9.17, 15) is 4.79 Å². The summed E-state index contributed by atoms with van der Waals surface area (Å²) >= 11 is 0. The van der Waals surface area contributed by atoms with Gasteiger partial charge >= 0.3 is 5.97 Å². The lowest BCUT2D eigenvalue weighted by Crippen LogP contribution is -2.10. The molecule has 1 aliphatic heterocycles. The monoisotopic (exact) mass is 226 g/mol. The van der Waals surface area contributed by atoms with Crippen LogP contribution in [0.25, 0.3) is 0 Å². The molecule has 0 fully saturated rings. The Balaban J connectivity index is 0.00000112. The SMILES string of the molecule is COC(=O)c1ccc2c(c1)OCCC2.S. The molecule has 15 heavy (non-hydrogen) atoms. The highest BCUT2D eigenvalue weighted by molar-refractivity contribution is 7.59. The van der Waals surface area contributed by atoms with Crippen molar-refractivity contribution in [1.82, 2.24) is 0 Å². The first-order chi connectivity index (χ1) is 6.81. The van der Waals surface area contributed by atoms with Gasteiger partial charge in [-0.2, -0.15) is 13.5 Å². The Morgan fingerprint density at radius 2 is 2.27 bits per heavy atom.